The number of carbonyl (C=O) groups excluding carboxylic acids is 1. The highest BCUT2D eigenvalue weighted by atomic mass is 19.1. The number of ether oxygens (including phenoxy) is 1. The Labute approximate surface area is 147 Å². The molecule has 0 atom stereocenters. The molecule has 0 N–H and O–H groups in total. The molecule has 0 aliphatic rings. The number of hydrogen-bond donors (Lipinski definition) is 0. The van der Waals surface area contributed by atoms with Crippen molar-refractivity contribution < 1.29 is 13.9 Å². The highest BCUT2D eigenvalue weighted by molar-refractivity contribution is 5.89. The monoisotopic (exact) mass is 339 g/mol. The van der Waals surface area contributed by atoms with Crippen LogP contribution in [0.1, 0.15) is 23.7 Å². The van der Waals surface area contributed by atoms with Crippen LogP contribution < -0.4 is 0 Å². The molecule has 0 radical (unpaired) electrons. The zero-order valence-electron chi connectivity index (χ0n) is 14.6. The van der Waals surface area contributed by atoms with E-state index in [1.807, 2.05) is 18.2 Å². The number of esters is 1. The molecule has 0 spiro atoms. The third-order valence-corrected chi connectivity index (χ3v) is 4.60. The van der Waals surface area contributed by atoms with Crippen LogP contribution in [0.2, 0.25) is 0 Å². The lowest BCUT2D eigenvalue weighted by Crippen LogP contribution is -2.09. The molecule has 2 aromatic carbocycles. The van der Waals surface area contributed by atoms with E-state index in [1.54, 1.807) is 6.07 Å². The minimum Gasteiger partial charge on any atom is -0.469 e. The summed E-state index contributed by atoms with van der Waals surface area (Å²) in [7, 11) is 1.38. The molecule has 3 rings (SSSR count). The summed E-state index contributed by atoms with van der Waals surface area (Å²) in [6, 6.07) is 15.1. The lowest BCUT2D eigenvalue weighted by molar-refractivity contribution is -0.139. The fourth-order valence-corrected chi connectivity index (χ4v) is 3.41. The number of aromatic nitrogens is 1. The summed E-state index contributed by atoms with van der Waals surface area (Å²) in [5.41, 5.74) is 4.16. The molecule has 4 heteroatoms. The summed E-state index contributed by atoms with van der Waals surface area (Å²) in [4.78, 5) is 11.8. The molecule has 3 nitrogen and oxygen atoms in total. The normalized spacial score (nSPS) is 11.0. The quantitative estimate of drug-likeness (QED) is 0.627. The smallest absolute Gasteiger partial charge is 0.310 e. The first-order chi connectivity index (χ1) is 12.1. The molecule has 1 aromatic heterocycles. The summed E-state index contributed by atoms with van der Waals surface area (Å²) in [5.74, 6) is -0.595. The lowest BCUT2D eigenvalue weighted by Gasteiger charge is -2.11. The van der Waals surface area contributed by atoms with Crippen LogP contribution in [-0.2, 0) is 35.3 Å². The van der Waals surface area contributed by atoms with E-state index in [4.69, 9.17) is 4.74 Å². The molecule has 0 saturated carbocycles. The second-order valence-corrected chi connectivity index (χ2v) is 6.08. The van der Waals surface area contributed by atoms with E-state index >= 15 is 0 Å². The molecule has 3 aromatic rings. The van der Waals surface area contributed by atoms with E-state index in [0.29, 0.717) is 0 Å². The van der Waals surface area contributed by atoms with Crippen LogP contribution in [0.25, 0.3) is 10.9 Å². The van der Waals surface area contributed by atoms with Crippen molar-refractivity contribution in [2.24, 2.45) is 0 Å². The maximum absolute atomic E-state index is 13.8. The Hall–Kier alpha value is -2.62. The third kappa shape index (κ3) is 3.58. The van der Waals surface area contributed by atoms with Gasteiger partial charge in [-0.2, -0.15) is 0 Å². The summed E-state index contributed by atoms with van der Waals surface area (Å²) in [6.07, 6.45) is 1.82. The number of halogens is 1. The van der Waals surface area contributed by atoms with Gasteiger partial charge in [-0.3, -0.25) is 4.79 Å². The van der Waals surface area contributed by atoms with Crippen LogP contribution in [0, 0.1) is 5.82 Å². The number of aryl methyl sites for hydroxylation is 2. The maximum Gasteiger partial charge on any atom is 0.310 e. The molecular weight excluding hydrogens is 317 g/mol. The maximum atomic E-state index is 13.8. The van der Waals surface area contributed by atoms with Gasteiger partial charge in [0.2, 0.25) is 0 Å². The van der Waals surface area contributed by atoms with E-state index in [2.05, 4.69) is 23.6 Å². The number of hydrogen-bond acceptors (Lipinski definition) is 2. The molecule has 0 bridgehead atoms. The number of benzene rings is 2. The van der Waals surface area contributed by atoms with Gasteiger partial charge in [-0.05, 0) is 42.2 Å². The van der Waals surface area contributed by atoms with Crippen LogP contribution >= 0.6 is 0 Å². The number of nitrogens with zero attached hydrogens (tertiary/aromatic N) is 1. The van der Waals surface area contributed by atoms with Gasteiger partial charge in [0, 0.05) is 23.1 Å². The first kappa shape index (κ1) is 17.2. The van der Waals surface area contributed by atoms with Crippen LogP contribution in [0.4, 0.5) is 4.39 Å². The van der Waals surface area contributed by atoms with Crippen LogP contribution in [0.15, 0.2) is 48.5 Å². The zero-order valence-corrected chi connectivity index (χ0v) is 14.6. The van der Waals surface area contributed by atoms with Crippen LogP contribution in [0.5, 0.6) is 0 Å². The SMILES string of the molecule is CCc1c(CC(=O)OC)c2cc(F)ccc2n1CCc1ccccc1. The van der Waals surface area contributed by atoms with Crippen molar-refractivity contribution in [3.8, 4) is 0 Å². The molecule has 1 heterocycles. The highest BCUT2D eigenvalue weighted by Crippen LogP contribution is 2.29. The summed E-state index contributed by atoms with van der Waals surface area (Å²) in [5, 5.41) is 0.801. The average Bonchev–Trinajstić information content (AvgIpc) is 2.92. The minimum atomic E-state index is -0.305. The molecule has 0 aliphatic heterocycles. The predicted molar refractivity (Wildman–Crippen MR) is 97.1 cm³/mol. The summed E-state index contributed by atoms with van der Waals surface area (Å²) in [6.45, 7) is 2.85. The van der Waals surface area contributed by atoms with Gasteiger partial charge in [-0.15, -0.1) is 0 Å². The van der Waals surface area contributed by atoms with Gasteiger partial charge in [0.05, 0.1) is 13.5 Å². The van der Waals surface area contributed by atoms with E-state index in [-0.39, 0.29) is 18.2 Å². The van der Waals surface area contributed by atoms with Gasteiger partial charge in [0.1, 0.15) is 5.82 Å². The predicted octanol–water partition coefficient (Wildman–Crippen LogP) is 4.30. The van der Waals surface area contributed by atoms with E-state index < -0.39 is 0 Å². The Morgan fingerprint density at radius 3 is 2.60 bits per heavy atom. The summed E-state index contributed by atoms with van der Waals surface area (Å²) >= 11 is 0. The molecule has 130 valence electrons. The second kappa shape index (κ2) is 7.51. The highest BCUT2D eigenvalue weighted by Gasteiger charge is 2.19. The van der Waals surface area contributed by atoms with E-state index in [0.717, 1.165) is 41.5 Å². The van der Waals surface area contributed by atoms with Crippen molar-refractivity contribution >= 4 is 16.9 Å². The van der Waals surface area contributed by atoms with Crippen molar-refractivity contribution in [2.45, 2.75) is 32.7 Å². The first-order valence-electron chi connectivity index (χ1n) is 8.54. The molecule has 25 heavy (non-hydrogen) atoms. The van der Waals surface area contributed by atoms with Gasteiger partial charge in [-0.1, -0.05) is 37.3 Å². The molecule has 0 aliphatic carbocycles. The van der Waals surface area contributed by atoms with Gasteiger partial charge in [-0.25, -0.2) is 4.39 Å². The largest absolute Gasteiger partial charge is 0.469 e. The first-order valence-corrected chi connectivity index (χ1v) is 8.54. The van der Waals surface area contributed by atoms with Gasteiger partial charge in [0.15, 0.2) is 0 Å². The Bertz CT molecular complexity index is 884. The van der Waals surface area contributed by atoms with Gasteiger partial charge < -0.3 is 9.30 Å². The number of methoxy groups -OCH3 is 1. The van der Waals surface area contributed by atoms with Crippen molar-refractivity contribution in [3.05, 3.63) is 71.2 Å². The standard InChI is InChI=1S/C21H22FNO2/c1-3-19-18(14-21(24)25-2)17-13-16(22)9-10-20(17)23(19)12-11-15-7-5-4-6-8-15/h4-10,13H,3,11-12,14H2,1-2H3. The Kier molecular flexibility index (Phi) is 5.17. The van der Waals surface area contributed by atoms with Crippen LogP contribution in [0.3, 0.4) is 0 Å². The Balaban J connectivity index is 2.05. The molecule has 0 saturated heterocycles. The number of rotatable bonds is 6. The average molecular weight is 339 g/mol. The lowest BCUT2D eigenvalue weighted by atomic mass is 10.1. The minimum absolute atomic E-state index is 0.165. The number of fused-ring (bicyclic) bond motifs is 1. The van der Waals surface area contributed by atoms with E-state index in [1.165, 1.54) is 24.8 Å². The molecular formula is C21H22FNO2. The third-order valence-electron chi connectivity index (χ3n) is 4.60. The van der Waals surface area contributed by atoms with Gasteiger partial charge >= 0.3 is 5.97 Å². The van der Waals surface area contributed by atoms with Crippen LogP contribution in [-0.4, -0.2) is 17.6 Å². The van der Waals surface area contributed by atoms with Crippen molar-refractivity contribution in [2.75, 3.05) is 7.11 Å². The van der Waals surface area contributed by atoms with Gasteiger partial charge in [0.25, 0.3) is 0 Å². The Morgan fingerprint density at radius 2 is 1.92 bits per heavy atom. The fraction of sp³-hybridized carbons (Fsp3) is 0.286. The van der Waals surface area contributed by atoms with E-state index in [9.17, 15) is 9.18 Å². The van der Waals surface area contributed by atoms with Crippen molar-refractivity contribution in [3.63, 3.8) is 0 Å². The van der Waals surface area contributed by atoms with Crippen molar-refractivity contribution in [1.29, 1.82) is 0 Å². The Morgan fingerprint density at radius 1 is 1.16 bits per heavy atom. The fourth-order valence-electron chi connectivity index (χ4n) is 3.41. The van der Waals surface area contributed by atoms with Crippen molar-refractivity contribution in [1.82, 2.24) is 4.57 Å². The molecule has 0 fully saturated rings. The molecule has 0 amide bonds. The molecule has 0 unspecified atom stereocenters. The summed E-state index contributed by atoms with van der Waals surface area (Å²) < 4.78 is 20.8. The topological polar surface area (TPSA) is 31.2 Å². The zero-order chi connectivity index (χ0) is 17.8. The number of carbonyl (C=O) groups is 1. The second-order valence-electron chi connectivity index (χ2n) is 6.08.